The highest BCUT2D eigenvalue weighted by atomic mass is 16.5. The number of carbonyl (C=O) groups excluding carboxylic acids is 3. The van der Waals surface area contributed by atoms with E-state index in [1.54, 1.807) is 0 Å². The second-order valence-electron chi connectivity index (χ2n) is 5.02. The molecule has 2 rings (SSSR count). The first-order chi connectivity index (χ1) is 10.3. The van der Waals surface area contributed by atoms with Gasteiger partial charge in [0.2, 0.25) is 0 Å². The van der Waals surface area contributed by atoms with E-state index in [4.69, 9.17) is 9.47 Å². The zero-order valence-corrected chi connectivity index (χ0v) is 12.8. The number of phenolic OH excluding ortho intramolecular Hbond substituents is 1. The first-order valence-corrected chi connectivity index (χ1v) is 6.60. The van der Waals surface area contributed by atoms with E-state index >= 15 is 0 Å². The third-order valence-corrected chi connectivity index (χ3v) is 3.60. The number of aromatic hydroxyl groups is 1. The molecule has 6 nitrogen and oxygen atoms in total. The van der Waals surface area contributed by atoms with Crippen LogP contribution in [0.3, 0.4) is 0 Å². The first-order valence-electron chi connectivity index (χ1n) is 6.60. The van der Waals surface area contributed by atoms with Crippen LogP contribution < -0.4 is 9.47 Å². The highest BCUT2D eigenvalue weighted by Crippen LogP contribution is 2.44. The van der Waals surface area contributed by atoms with Crippen LogP contribution in [0.1, 0.15) is 41.0 Å². The van der Waals surface area contributed by atoms with Crippen molar-refractivity contribution < 1.29 is 29.0 Å². The smallest absolute Gasteiger partial charge is 0.194 e. The molecule has 6 heteroatoms. The normalized spacial score (nSPS) is 14.0. The molecule has 0 aliphatic heterocycles. The van der Waals surface area contributed by atoms with Gasteiger partial charge in [-0.1, -0.05) is 0 Å². The SMILES string of the molecule is COc1cc(O)c2c(c1OC)C(=O)C(CC(C)=O)=C(C)C2=O. The number of ketones is 3. The van der Waals surface area contributed by atoms with Gasteiger partial charge >= 0.3 is 0 Å². The number of hydrogen-bond acceptors (Lipinski definition) is 6. The summed E-state index contributed by atoms with van der Waals surface area (Å²) in [7, 11) is 2.69. The molecule has 0 fully saturated rings. The molecule has 1 aromatic carbocycles. The molecule has 0 saturated carbocycles. The van der Waals surface area contributed by atoms with E-state index in [1.807, 2.05) is 0 Å². The summed E-state index contributed by atoms with van der Waals surface area (Å²) < 4.78 is 10.3. The fraction of sp³-hybridized carbons (Fsp3) is 0.312. The van der Waals surface area contributed by atoms with Crippen LogP contribution in [0.15, 0.2) is 17.2 Å². The molecule has 116 valence electrons. The lowest BCUT2D eigenvalue weighted by Crippen LogP contribution is -2.23. The van der Waals surface area contributed by atoms with Crippen LogP contribution >= 0.6 is 0 Å². The van der Waals surface area contributed by atoms with E-state index in [0.29, 0.717) is 0 Å². The number of rotatable bonds is 4. The summed E-state index contributed by atoms with van der Waals surface area (Å²) in [6.45, 7) is 2.81. The lowest BCUT2D eigenvalue weighted by atomic mass is 9.81. The van der Waals surface area contributed by atoms with Crippen molar-refractivity contribution in [3.8, 4) is 17.2 Å². The number of Topliss-reactive ketones (excluding diaryl/α,β-unsaturated/α-hetero) is 3. The minimum absolute atomic E-state index is 0.0637. The topological polar surface area (TPSA) is 89.9 Å². The lowest BCUT2D eigenvalue weighted by molar-refractivity contribution is -0.116. The van der Waals surface area contributed by atoms with Crippen LogP contribution in [0.2, 0.25) is 0 Å². The molecule has 1 N–H and O–H groups in total. The minimum Gasteiger partial charge on any atom is -0.507 e. The molecule has 1 aliphatic rings. The number of hydrogen-bond donors (Lipinski definition) is 1. The van der Waals surface area contributed by atoms with E-state index in [9.17, 15) is 19.5 Å². The van der Waals surface area contributed by atoms with Crippen molar-refractivity contribution in [3.63, 3.8) is 0 Å². The highest BCUT2D eigenvalue weighted by Gasteiger charge is 2.36. The van der Waals surface area contributed by atoms with Gasteiger partial charge in [-0.05, 0) is 13.8 Å². The number of benzene rings is 1. The number of allylic oxidation sites excluding steroid dienone is 2. The van der Waals surface area contributed by atoms with Crippen LogP contribution in [0, 0.1) is 0 Å². The van der Waals surface area contributed by atoms with E-state index in [0.717, 1.165) is 0 Å². The summed E-state index contributed by atoms with van der Waals surface area (Å²) in [5.41, 5.74) is 0.102. The quantitative estimate of drug-likeness (QED) is 0.916. The molecule has 0 aromatic heterocycles. The average molecular weight is 304 g/mol. The van der Waals surface area contributed by atoms with Crippen LogP contribution in [0.25, 0.3) is 0 Å². The Hall–Kier alpha value is -2.63. The zero-order chi connectivity index (χ0) is 16.6. The summed E-state index contributed by atoms with van der Waals surface area (Å²) in [6, 6.07) is 1.23. The number of carbonyl (C=O) groups is 3. The molecule has 0 saturated heterocycles. The maximum atomic E-state index is 12.7. The largest absolute Gasteiger partial charge is 0.507 e. The lowest BCUT2D eigenvalue weighted by Gasteiger charge is -2.22. The van der Waals surface area contributed by atoms with Crippen molar-refractivity contribution in [1.82, 2.24) is 0 Å². The van der Waals surface area contributed by atoms with Crippen molar-refractivity contribution >= 4 is 17.3 Å². The Bertz CT molecular complexity index is 727. The molecule has 0 bridgehead atoms. The van der Waals surface area contributed by atoms with Gasteiger partial charge in [0.15, 0.2) is 23.1 Å². The Labute approximate surface area is 127 Å². The maximum Gasteiger partial charge on any atom is 0.194 e. The molecule has 0 radical (unpaired) electrons. The fourth-order valence-electron chi connectivity index (χ4n) is 2.54. The number of fused-ring (bicyclic) bond motifs is 1. The molecule has 0 amide bonds. The summed E-state index contributed by atoms with van der Waals surface area (Å²) in [6.07, 6.45) is -0.142. The van der Waals surface area contributed by atoms with E-state index in [1.165, 1.54) is 34.1 Å². The Morgan fingerprint density at radius 2 is 1.77 bits per heavy atom. The Balaban J connectivity index is 2.79. The molecule has 0 heterocycles. The van der Waals surface area contributed by atoms with Gasteiger partial charge in [-0.3, -0.25) is 14.4 Å². The summed E-state index contributed by atoms with van der Waals surface area (Å²) >= 11 is 0. The van der Waals surface area contributed by atoms with Crippen molar-refractivity contribution in [2.75, 3.05) is 14.2 Å². The predicted octanol–water partition coefficient (Wildman–Crippen LogP) is 2.08. The van der Waals surface area contributed by atoms with Gasteiger partial charge in [-0.2, -0.15) is 0 Å². The Kier molecular flexibility index (Phi) is 4.03. The third kappa shape index (κ3) is 2.26. The van der Waals surface area contributed by atoms with Gasteiger partial charge in [0.25, 0.3) is 0 Å². The van der Waals surface area contributed by atoms with Crippen LogP contribution in [-0.4, -0.2) is 36.7 Å². The number of ether oxygens (including phenoxy) is 2. The minimum atomic E-state index is -0.506. The van der Waals surface area contributed by atoms with Gasteiger partial charge < -0.3 is 14.6 Å². The number of phenols is 1. The van der Waals surface area contributed by atoms with Crippen molar-refractivity contribution in [2.24, 2.45) is 0 Å². The maximum absolute atomic E-state index is 12.7. The fourth-order valence-corrected chi connectivity index (χ4v) is 2.54. The molecule has 0 atom stereocenters. The molecule has 0 unspecified atom stereocenters. The van der Waals surface area contributed by atoms with Crippen molar-refractivity contribution in [1.29, 1.82) is 0 Å². The average Bonchev–Trinajstić information content (AvgIpc) is 2.47. The molecule has 22 heavy (non-hydrogen) atoms. The van der Waals surface area contributed by atoms with Gasteiger partial charge in [-0.15, -0.1) is 0 Å². The molecular formula is C16H16O6. The van der Waals surface area contributed by atoms with Gasteiger partial charge in [-0.25, -0.2) is 0 Å². The highest BCUT2D eigenvalue weighted by molar-refractivity contribution is 6.29. The zero-order valence-electron chi connectivity index (χ0n) is 12.8. The second-order valence-corrected chi connectivity index (χ2v) is 5.02. The second kappa shape index (κ2) is 5.63. The van der Waals surface area contributed by atoms with Crippen molar-refractivity contribution in [2.45, 2.75) is 20.3 Å². The van der Waals surface area contributed by atoms with Gasteiger partial charge in [0.05, 0.1) is 25.3 Å². The van der Waals surface area contributed by atoms with Crippen LogP contribution in [0.4, 0.5) is 0 Å². The standard InChI is InChI=1S/C16H16O6/c1-7(17)5-9-8(2)14(19)12-10(18)6-11(21-3)16(22-4)13(12)15(9)20/h6,18H,5H2,1-4H3. The monoisotopic (exact) mass is 304 g/mol. The summed E-state index contributed by atoms with van der Waals surface area (Å²) in [4.78, 5) is 36.5. The third-order valence-electron chi connectivity index (χ3n) is 3.60. The molecule has 1 aromatic rings. The van der Waals surface area contributed by atoms with Gasteiger partial charge in [0, 0.05) is 23.6 Å². The number of methoxy groups -OCH3 is 2. The molecular weight excluding hydrogens is 288 g/mol. The van der Waals surface area contributed by atoms with Crippen LogP contribution in [0.5, 0.6) is 17.2 Å². The summed E-state index contributed by atoms with van der Waals surface area (Å²) in [5.74, 6) is -1.38. The first kappa shape index (κ1) is 15.8. The predicted molar refractivity (Wildman–Crippen MR) is 77.9 cm³/mol. The van der Waals surface area contributed by atoms with Crippen molar-refractivity contribution in [3.05, 3.63) is 28.3 Å². The Morgan fingerprint density at radius 1 is 1.14 bits per heavy atom. The van der Waals surface area contributed by atoms with Gasteiger partial charge in [0.1, 0.15) is 11.5 Å². The molecule has 1 aliphatic carbocycles. The summed E-state index contributed by atoms with van der Waals surface area (Å²) in [5, 5.41) is 10.1. The molecule has 0 spiro atoms. The van der Waals surface area contributed by atoms with E-state index < -0.39 is 11.6 Å². The van der Waals surface area contributed by atoms with E-state index in [-0.39, 0.29) is 51.7 Å². The van der Waals surface area contributed by atoms with E-state index in [2.05, 4.69) is 0 Å². The Morgan fingerprint density at radius 3 is 2.27 bits per heavy atom. The van der Waals surface area contributed by atoms with Crippen LogP contribution in [-0.2, 0) is 4.79 Å².